The zero-order valence-electron chi connectivity index (χ0n) is 13.8. The first-order chi connectivity index (χ1) is 11.3. The Labute approximate surface area is 160 Å². The molecular formula is C16H20N2O6Pt. The van der Waals surface area contributed by atoms with E-state index in [4.69, 9.17) is 30.0 Å². The first-order valence-electron chi connectivity index (χ1n) is 6.70. The Morgan fingerprint density at radius 3 is 1.20 bits per heavy atom. The van der Waals surface area contributed by atoms with E-state index in [9.17, 15) is 0 Å². The molecule has 0 amide bonds. The number of carbonyl (C=O) groups is 2. The Morgan fingerprint density at radius 2 is 1.12 bits per heavy atom. The van der Waals surface area contributed by atoms with E-state index in [1.165, 1.54) is 0 Å². The van der Waals surface area contributed by atoms with Crippen LogP contribution in [0.5, 0.6) is 0 Å². The molecule has 2 aromatic heterocycles. The number of aromatic nitrogens is 2. The summed E-state index contributed by atoms with van der Waals surface area (Å²) < 4.78 is 0. The zero-order chi connectivity index (χ0) is 18.8. The number of aliphatic hydroxyl groups excluding tert-OH is 2. The van der Waals surface area contributed by atoms with Crippen molar-refractivity contribution in [3.05, 3.63) is 60.2 Å². The number of aryl methyl sites for hydroxylation is 2. The number of carboxylic acids is 2. The van der Waals surface area contributed by atoms with Gasteiger partial charge in [-0.15, -0.1) is 0 Å². The number of rotatable bonds is 2. The van der Waals surface area contributed by atoms with Gasteiger partial charge in [0.2, 0.25) is 0 Å². The molecule has 0 bridgehead atoms. The monoisotopic (exact) mass is 531 g/mol. The predicted octanol–water partition coefficient (Wildman–Crippen LogP) is -1.77. The number of nitrogens with zero attached hydrogens (tertiary/aromatic N) is 2. The Kier molecular flexibility index (Phi) is 22.0. The van der Waals surface area contributed by atoms with Gasteiger partial charge < -0.3 is 30.0 Å². The fraction of sp³-hybridized carbons (Fsp3) is 0.250. The van der Waals surface area contributed by atoms with Crippen molar-refractivity contribution in [3.63, 3.8) is 0 Å². The summed E-state index contributed by atoms with van der Waals surface area (Å²) in [6, 6.07) is 11.7. The molecule has 0 spiro atoms. The predicted molar refractivity (Wildman–Crippen MR) is 82.1 cm³/mol. The summed E-state index contributed by atoms with van der Waals surface area (Å²) >= 11 is 0. The minimum Gasteiger partial charge on any atom is -0.548 e. The quantitative estimate of drug-likeness (QED) is 0.463. The van der Waals surface area contributed by atoms with Gasteiger partial charge in [-0.25, -0.2) is 0 Å². The fourth-order valence-electron chi connectivity index (χ4n) is 0.896. The molecule has 0 unspecified atom stereocenters. The van der Waals surface area contributed by atoms with Crippen molar-refractivity contribution in [3.8, 4) is 0 Å². The van der Waals surface area contributed by atoms with Crippen LogP contribution in [0.1, 0.15) is 11.4 Å². The molecule has 0 saturated carbocycles. The Hall–Kier alpha value is -2.15. The smallest absolute Gasteiger partial charge is 0.548 e. The van der Waals surface area contributed by atoms with E-state index >= 15 is 0 Å². The van der Waals surface area contributed by atoms with Crippen LogP contribution in [0, 0.1) is 13.8 Å². The van der Waals surface area contributed by atoms with Crippen LogP contribution < -0.4 is 10.2 Å². The number of hydrogen-bond donors (Lipinski definition) is 2. The van der Waals surface area contributed by atoms with E-state index in [1.54, 1.807) is 12.4 Å². The van der Waals surface area contributed by atoms with Gasteiger partial charge in [0.05, 0.1) is 25.2 Å². The van der Waals surface area contributed by atoms with E-state index < -0.39 is 25.2 Å². The average Bonchev–Trinajstić information content (AvgIpc) is 2.58. The van der Waals surface area contributed by atoms with Crippen LogP contribution in [-0.4, -0.2) is 45.3 Å². The third-order valence-corrected chi connectivity index (χ3v) is 1.88. The third-order valence-electron chi connectivity index (χ3n) is 1.88. The summed E-state index contributed by atoms with van der Waals surface area (Å²) in [4.78, 5) is 26.0. The molecule has 0 radical (unpaired) electrons. The summed E-state index contributed by atoms with van der Waals surface area (Å²) in [5.74, 6) is -2.88. The van der Waals surface area contributed by atoms with Crippen LogP contribution in [0.25, 0.3) is 0 Å². The largest absolute Gasteiger partial charge is 2.00 e. The van der Waals surface area contributed by atoms with Crippen molar-refractivity contribution in [2.24, 2.45) is 0 Å². The number of pyridine rings is 2. The van der Waals surface area contributed by atoms with Crippen molar-refractivity contribution in [1.29, 1.82) is 0 Å². The van der Waals surface area contributed by atoms with Crippen molar-refractivity contribution in [2.45, 2.75) is 13.8 Å². The van der Waals surface area contributed by atoms with E-state index in [-0.39, 0.29) is 21.1 Å². The van der Waals surface area contributed by atoms with Gasteiger partial charge in [-0.05, 0) is 38.1 Å². The normalized spacial score (nSPS) is 7.84. The summed E-state index contributed by atoms with van der Waals surface area (Å²) in [6.45, 7) is 2.17. The minimum atomic E-state index is -1.44. The molecule has 2 heterocycles. The van der Waals surface area contributed by atoms with Crippen molar-refractivity contribution < 1.29 is 51.1 Å². The molecule has 0 atom stereocenters. The summed E-state index contributed by atoms with van der Waals surface area (Å²) in [6.07, 6.45) is 3.57. The fourth-order valence-corrected chi connectivity index (χ4v) is 0.896. The summed E-state index contributed by atoms with van der Waals surface area (Å²) in [5.41, 5.74) is 2.14. The maximum absolute atomic E-state index is 9.01. The second-order valence-electron chi connectivity index (χ2n) is 4.00. The molecule has 2 rings (SSSR count). The average molecular weight is 531 g/mol. The van der Waals surface area contributed by atoms with E-state index in [0.29, 0.717) is 0 Å². The van der Waals surface area contributed by atoms with Crippen molar-refractivity contribution >= 4 is 11.9 Å². The van der Waals surface area contributed by atoms with Gasteiger partial charge in [0.1, 0.15) is 0 Å². The number of carboxylic acid groups (broad SMARTS) is 2. The molecule has 25 heavy (non-hydrogen) atoms. The molecule has 2 N–H and O–H groups in total. The zero-order valence-corrected chi connectivity index (χ0v) is 16.0. The van der Waals surface area contributed by atoms with Crippen molar-refractivity contribution in [1.82, 2.24) is 9.97 Å². The van der Waals surface area contributed by atoms with Crippen LogP contribution in [0.4, 0.5) is 0 Å². The third kappa shape index (κ3) is 27.0. The van der Waals surface area contributed by atoms with Gasteiger partial charge in [-0.1, -0.05) is 12.1 Å². The van der Waals surface area contributed by atoms with Crippen molar-refractivity contribution in [2.75, 3.05) is 13.2 Å². The molecular weight excluding hydrogens is 511 g/mol. The second-order valence-corrected chi connectivity index (χ2v) is 4.00. The van der Waals surface area contributed by atoms with Crippen LogP contribution in [-0.2, 0) is 30.7 Å². The molecule has 0 aliphatic rings. The SMILES string of the molecule is Cc1ccccn1.Cc1ccccn1.O=C([O-])CO.O=C([O-])CO.[Pt+2]. The molecule has 0 aliphatic heterocycles. The Balaban J connectivity index is -0.000000259. The second kappa shape index (κ2) is 19.9. The summed E-state index contributed by atoms with van der Waals surface area (Å²) in [7, 11) is 0. The molecule has 0 saturated heterocycles. The van der Waals surface area contributed by atoms with Gasteiger partial charge in [-0.2, -0.15) is 0 Å². The van der Waals surface area contributed by atoms with Crippen LogP contribution in [0.2, 0.25) is 0 Å². The molecule has 8 nitrogen and oxygen atoms in total. The Bertz CT molecular complexity index is 504. The first-order valence-corrected chi connectivity index (χ1v) is 6.70. The van der Waals surface area contributed by atoms with E-state index in [2.05, 4.69) is 9.97 Å². The maximum Gasteiger partial charge on any atom is 2.00 e. The van der Waals surface area contributed by atoms with Crippen LogP contribution in [0.15, 0.2) is 48.8 Å². The number of hydrogen-bond acceptors (Lipinski definition) is 8. The molecule has 0 aromatic carbocycles. The molecule has 2 aromatic rings. The van der Waals surface area contributed by atoms with Crippen LogP contribution in [0.3, 0.4) is 0 Å². The molecule has 0 fully saturated rings. The van der Waals surface area contributed by atoms with Gasteiger partial charge >= 0.3 is 21.1 Å². The van der Waals surface area contributed by atoms with E-state index in [0.717, 1.165) is 11.4 Å². The Morgan fingerprint density at radius 1 is 0.840 bits per heavy atom. The van der Waals surface area contributed by atoms with E-state index in [1.807, 2.05) is 50.2 Å². The van der Waals surface area contributed by atoms with Gasteiger partial charge in [-0.3, -0.25) is 9.97 Å². The maximum atomic E-state index is 9.01. The van der Waals surface area contributed by atoms with Crippen LogP contribution >= 0.6 is 0 Å². The van der Waals surface area contributed by atoms with Gasteiger partial charge in [0.25, 0.3) is 0 Å². The van der Waals surface area contributed by atoms with Gasteiger partial charge in [0, 0.05) is 23.8 Å². The first kappa shape index (κ1) is 27.7. The number of aliphatic hydroxyl groups is 2. The molecule has 9 heteroatoms. The van der Waals surface area contributed by atoms with Gasteiger partial charge in [0.15, 0.2) is 0 Å². The number of carbonyl (C=O) groups excluding carboxylic acids is 2. The molecule has 140 valence electrons. The topological polar surface area (TPSA) is 146 Å². The summed E-state index contributed by atoms with van der Waals surface area (Å²) in [5, 5.41) is 33.0. The minimum absolute atomic E-state index is 0. The molecule has 0 aliphatic carbocycles. The standard InChI is InChI=1S/2C6H7N.2C2H4O3.Pt/c2*1-6-4-2-3-5-7-6;2*3-1-2(4)5;/h2*2-5H,1H3;2*3H,1H2,(H,4,5);/q;;;;+2/p-2. The number of aliphatic carboxylic acids is 2.